The Kier molecular flexibility index (Phi) is 7.64. The Bertz CT molecular complexity index is 1650. The summed E-state index contributed by atoms with van der Waals surface area (Å²) in [6.45, 7) is 5.35. The molecule has 0 bridgehead atoms. The van der Waals surface area contributed by atoms with Crippen LogP contribution in [-0.4, -0.2) is 37.0 Å². The number of aromatic nitrogens is 5. The van der Waals surface area contributed by atoms with Gasteiger partial charge in [0.1, 0.15) is 12.2 Å². The topological polar surface area (TPSA) is 170 Å². The van der Waals surface area contributed by atoms with E-state index in [9.17, 15) is 14.9 Å². The Morgan fingerprint density at radius 2 is 1.79 bits per heavy atom. The second-order valence-corrected chi connectivity index (χ2v) is 9.13. The smallest absolute Gasteiger partial charge is 0.257 e. The molecule has 192 valence electrons. The van der Waals surface area contributed by atoms with Crippen LogP contribution in [0.1, 0.15) is 41.9 Å². The largest absolute Gasteiger partial charge is 0.322 e. The molecular formula is C28H23N9O2. The van der Waals surface area contributed by atoms with Gasteiger partial charge in [0, 0.05) is 29.2 Å². The molecule has 4 aromatic rings. The van der Waals surface area contributed by atoms with Crippen LogP contribution in [0.3, 0.4) is 0 Å². The summed E-state index contributed by atoms with van der Waals surface area (Å²) in [5.74, 6) is -0.149. The van der Waals surface area contributed by atoms with Crippen LogP contribution in [0.15, 0.2) is 61.1 Å². The fourth-order valence-electron chi connectivity index (χ4n) is 3.58. The van der Waals surface area contributed by atoms with Gasteiger partial charge in [-0.1, -0.05) is 6.07 Å². The van der Waals surface area contributed by atoms with Crippen LogP contribution in [0.4, 0.5) is 11.5 Å². The summed E-state index contributed by atoms with van der Waals surface area (Å²) in [5, 5.41) is 31.4. The molecule has 0 radical (unpaired) electrons. The number of aryl methyl sites for hydroxylation is 1. The van der Waals surface area contributed by atoms with E-state index >= 15 is 0 Å². The van der Waals surface area contributed by atoms with Crippen LogP contribution < -0.4 is 10.6 Å². The van der Waals surface area contributed by atoms with Crippen molar-refractivity contribution in [1.29, 1.82) is 10.5 Å². The molecule has 3 aromatic heterocycles. The summed E-state index contributed by atoms with van der Waals surface area (Å²) >= 11 is 0. The molecule has 2 amide bonds. The zero-order valence-electron chi connectivity index (χ0n) is 21.4. The first-order valence-electron chi connectivity index (χ1n) is 11.8. The maximum absolute atomic E-state index is 13.0. The van der Waals surface area contributed by atoms with Crippen LogP contribution >= 0.6 is 0 Å². The molecule has 39 heavy (non-hydrogen) atoms. The molecule has 4 rings (SSSR count). The van der Waals surface area contributed by atoms with Gasteiger partial charge < -0.3 is 10.6 Å². The number of amides is 2. The molecule has 3 heterocycles. The lowest BCUT2D eigenvalue weighted by molar-refractivity contribution is -0.115. The van der Waals surface area contributed by atoms with E-state index in [4.69, 9.17) is 10.2 Å². The average Bonchev–Trinajstić information content (AvgIpc) is 2.94. The maximum Gasteiger partial charge on any atom is 0.257 e. The predicted molar refractivity (Wildman–Crippen MR) is 143 cm³/mol. The third kappa shape index (κ3) is 6.24. The van der Waals surface area contributed by atoms with E-state index in [-0.39, 0.29) is 23.7 Å². The van der Waals surface area contributed by atoms with Crippen LogP contribution in [0.25, 0.3) is 22.6 Å². The molecule has 0 atom stereocenters. The van der Waals surface area contributed by atoms with Crippen LogP contribution in [0.5, 0.6) is 0 Å². The zero-order chi connectivity index (χ0) is 28.0. The Hall–Kier alpha value is -5.55. The van der Waals surface area contributed by atoms with Crippen molar-refractivity contribution >= 4 is 23.3 Å². The number of benzene rings is 1. The van der Waals surface area contributed by atoms with Crippen LogP contribution in [0, 0.1) is 29.6 Å². The lowest BCUT2D eigenvalue weighted by atomic mass is 9.90. The number of carbonyl (C=O) groups is 2. The molecule has 0 saturated heterocycles. The van der Waals surface area contributed by atoms with Crippen molar-refractivity contribution < 1.29 is 9.59 Å². The maximum atomic E-state index is 13.0. The molecule has 0 aliphatic carbocycles. The number of carbonyl (C=O) groups excluding carboxylic acids is 2. The van der Waals surface area contributed by atoms with E-state index in [1.54, 1.807) is 56.4 Å². The monoisotopic (exact) mass is 517 g/mol. The minimum Gasteiger partial charge on any atom is -0.322 e. The minimum absolute atomic E-state index is 0.277. The standard InChI is InChI=1S/C28H23N9O2/c1-17-4-5-20(34-27(39)19-12-23(37-33-15-19)28(2,3)16-30)14-21(17)22-8-11-32-26(35-22)18-7-10-31-24(13-18)36-25(38)6-9-29/h4-5,7-8,10-15H,6H2,1-3H3,(H,34,39)(H,31,36,38). The van der Waals surface area contributed by atoms with E-state index in [1.165, 1.54) is 12.4 Å². The fourth-order valence-corrected chi connectivity index (χ4v) is 3.58. The van der Waals surface area contributed by atoms with Gasteiger partial charge >= 0.3 is 0 Å². The SMILES string of the molecule is Cc1ccc(NC(=O)c2cnnc(C(C)(C)C#N)c2)cc1-c1ccnc(-c2ccnc(NC(=O)CC#N)c2)n1. The quantitative estimate of drug-likeness (QED) is 0.364. The van der Waals surface area contributed by atoms with Crippen molar-refractivity contribution in [3.8, 4) is 34.8 Å². The van der Waals surface area contributed by atoms with E-state index in [2.05, 4.69) is 36.9 Å². The molecule has 0 aliphatic heterocycles. The molecule has 0 fully saturated rings. The van der Waals surface area contributed by atoms with E-state index in [0.29, 0.717) is 28.5 Å². The van der Waals surface area contributed by atoms with Gasteiger partial charge in [-0.25, -0.2) is 15.0 Å². The van der Waals surface area contributed by atoms with Gasteiger partial charge in [-0.05, 0) is 62.7 Å². The van der Waals surface area contributed by atoms with Gasteiger partial charge in [-0.15, -0.1) is 0 Å². The highest BCUT2D eigenvalue weighted by Crippen LogP contribution is 2.28. The highest BCUT2D eigenvalue weighted by molar-refractivity contribution is 6.04. The second-order valence-electron chi connectivity index (χ2n) is 9.13. The summed E-state index contributed by atoms with van der Waals surface area (Å²) < 4.78 is 0. The number of anilines is 2. The van der Waals surface area contributed by atoms with E-state index < -0.39 is 11.3 Å². The third-order valence-corrected chi connectivity index (χ3v) is 5.79. The number of pyridine rings is 1. The molecule has 0 unspecified atom stereocenters. The van der Waals surface area contributed by atoms with Crippen molar-refractivity contribution in [2.45, 2.75) is 32.6 Å². The number of nitriles is 2. The molecule has 0 aliphatic rings. The van der Waals surface area contributed by atoms with Gasteiger partial charge in [-0.3, -0.25) is 9.59 Å². The zero-order valence-corrected chi connectivity index (χ0v) is 21.4. The van der Waals surface area contributed by atoms with Crippen molar-refractivity contribution in [1.82, 2.24) is 25.1 Å². The van der Waals surface area contributed by atoms with Gasteiger partial charge in [0.25, 0.3) is 5.91 Å². The molecule has 11 heteroatoms. The summed E-state index contributed by atoms with van der Waals surface area (Å²) in [5.41, 5.74) is 3.32. The van der Waals surface area contributed by atoms with Crippen LogP contribution in [0.2, 0.25) is 0 Å². The van der Waals surface area contributed by atoms with Gasteiger partial charge in [0.15, 0.2) is 5.82 Å². The summed E-state index contributed by atoms with van der Waals surface area (Å²) in [6.07, 6.45) is 4.22. The first kappa shape index (κ1) is 26.5. The lowest BCUT2D eigenvalue weighted by Gasteiger charge is -2.14. The number of nitrogens with one attached hydrogen (secondary N) is 2. The first-order chi connectivity index (χ1) is 18.7. The lowest BCUT2D eigenvalue weighted by Crippen LogP contribution is -2.19. The molecule has 11 nitrogen and oxygen atoms in total. The highest BCUT2D eigenvalue weighted by Gasteiger charge is 2.23. The third-order valence-electron chi connectivity index (χ3n) is 5.79. The molecular weight excluding hydrogens is 494 g/mol. The number of nitrogens with zero attached hydrogens (tertiary/aromatic N) is 7. The van der Waals surface area contributed by atoms with Crippen molar-refractivity contribution in [3.05, 3.63) is 77.9 Å². The van der Waals surface area contributed by atoms with Crippen molar-refractivity contribution in [2.75, 3.05) is 10.6 Å². The summed E-state index contributed by atoms with van der Waals surface area (Å²) in [6, 6.07) is 16.1. The number of hydrogen-bond donors (Lipinski definition) is 2. The molecule has 1 aromatic carbocycles. The van der Waals surface area contributed by atoms with E-state index in [1.807, 2.05) is 19.1 Å². The number of hydrogen-bond acceptors (Lipinski definition) is 9. The van der Waals surface area contributed by atoms with Gasteiger partial charge in [0.2, 0.25) is 5.91 Å². The van der Waals surface area contributed by atoms with Crippen molar-refractivity contribution in [3.63, 3.8) is 0 Å². The molecule has 0 saturated carbocycles. The Morgan fingerprint density at radius 3 is 2.56 bits per heavy atom. The Morgan fingerprint density at radius 1 is 1.00 bits per heavy atom. The summed E-state index contributed by atoms with van der Waals surface area (Å²) in [7, 11) is 0. The van der Waals surface area contributed by atoms with Crippen LogP contribution in [-0.2, 0) is 10.2 Å². The Balaban J connectivity index is 1.59. The minimum atomic E-state index is -0.886. The van der Waals surface area contributed by atoms with Gasteiger partial charge in [0.05, 0.1) is 40.7 Å². The first-order valence-corrected chi connectivity index (χ1v) is 11.8. The predicted octanol–water partition coefficient (Wildman–Crippen LogP) is 4.21. The van der Waals surface area contributed by atoms with Crippen molar-refractivity contribution in [2.24, 2.45) is 0 Å². The van der Waals surface area contributed by atoms with E-state index in [0.717, 1.165) is 11.1 Å². The molecule has 0 spiro atoms. The fraction of sp³-hybridized carbons (Fsp3) is 0.179. The van der Waals surface area contributed by atoms with Gasteiger partial charge in [-0.2, -0.15) is 20.7 Å². The summed E-state index contributed by atoms with van der Waals surface area (Å²) in [4.78, 5) is 37.9. The molecule has 2 N–H and O–H groups in total. The second kappa shape index (κ2) is 11.2. The normalized spacial score (nSPS) is 10.7. The average molecular weight is 518 g/mol. The highest BCUT2D eigenvalue weighted by atomic mass is 16.2. The number of rotatable bonds is 7. The Labute approximate surface area is 224 Å².